The van der Waals surface area contributed by atoms with Crippen LogP contribution in [0, 0.1) is 20.8 Å². The van der Waals surface area contributed by atoms with E-state index < -0.39 is 30.0 Å². The van der Waals surface area contributed by atoms with Crippen molar-refractivity contribution in [2.45, 2.75) is 30.6 Å². The number of nitrogens with zero attached hydrogens (tertiary/aromatic N) is 6. The maximum Gasteiger partial charge on any atom is 1.00 e. The minimum Gasteiger partial charge on any atom is -0.399 e. The molecule has 4 N–H and O–H groups in total. The zero-order valence-electron chi connectivity index (χ0n) is 25.7. The van der Waals surface area contributed by atoms with Crippen LogP contribution >= 0.6 is 0 Å². The third kappa shape index (κ3) is 8.78. The van der Waals surface area contributed by atoms with Crippen LogP contribution in [0.15, 0.2) is 125 Å². The van der Waals surface area contributed by atoms with E-state index in [1.54, 1.807) is 36.4 Å². The molecule has 0 aromatic heterocycles. The Bertz CT molecular complexity index is 2330. The van der Waals surface area contributed by atoms with E-state index in [1.807, 2.05) is 39.0 Å². The van der Waals surface area contributed by atoms with Crippen LogP contribution in [-0.4, -0.2) is 25.9 Å². The van der Waals surface area contributed by atoms with E-state index in [0.29, 0.717) is 34.5 Å². The SMILES string of the molecule is Cc1cc(N)ccc1N=Nc1ccc(N=Nc2ccc(N=Nc3ccc4cc(S(=O)(=O)O)cc(S(=O)(=O)O)c4c3)c(C)c2)c(C)c1.[Na+]. The number of nitrogens with two attached hydrogens (primary N) is 1. The number of azo groups is 3. The normalized spacial score (nSPS) is 12.4. The van der Waals surface area contributed by atoms with Gasteiger partial charge in [-0.25, -0.2) is 0 Å². The van der Waals surface area contributed by atoms with Gasteiger partial charge in [0.1, 0.15) is 4.90 Å². The van der Waals surface area contributed by atoms with Gasteiger partial charge in [0.05, 0.1) is 39.0 Å². The third-order valence-corrected chi connectivity index (χ3v) is 8.58. The van der Waals surface area contributed by atoms with Crippen LogP contribution in [0.5, 0.6) is 0 Å². The number of aryl methyl sites for hydroxylation is 3. The molecule has 0 heterocycles. The van der Waals surface area contributed by atoms with Crippen molar-refractivity contribution in [3.8, 4) is 0 Å². The maximum absolute atomic E-state index is 12.0. The van der Waals surface area contributed by atoms with Crippen LogP contribution in [0.4, 0.5) is 39.8 Å². The molecule has 0 saturated carbocycles. The number of fused-ring (bicyclic) bond motifs is 1. The van der Waals surface area contributed by atoms with E-state index in [4.69, 9.17) is 5.73 Å². The number of anilines is 1. The van der Waals surface area contributed by atoms with Gasteiger partial charge in [0.25, 0.3) is 20.2 Å². The van der Waals surface area contributed by atoms with Gasteiger partial charge in [-0.2, -0.15) is 47.5 Å². The number of hydrogen-bond acceptors (Lipinski definition) is 11. The number of rotatable bonds is 8. The van der Waals surface area contributed by atoms with Crippen molar-refractivity contribution in [3.05, 3.63) is 102 Å². The van der Waals surface area contributed by atoms with Crippen molar-refractivity contribution in [1.29, 1.82) is 0 Å². The molecule has 0 amide bonds. The molecule has 16 heteroatoms. The summed E-state index contributed by atoms with van der Waals surface area (Å²) in [5.74, 6) is 0. The van der Waals surface area contributed by atoms with Crippen molar-refractivity contribution < 1.29 is 55.5 Å². The molecule has 0 aliphatic carbocycles. The largest absolute Gasteiger partial charge is 1.00 e. The Morgan fingerprint density at radius 2 is 0.979 bits per heavy atom. The smallest absolute Gasteiger partial charge is 0.399 e. The van der Waals surface area contributed by atoms with E-state index in [-0.39, 0.29) is 46.0 Å². The van der Waals surface area contributed by atoms with Gasteiger partial charge in [-0.1, -0.05) is 6.07 Å². The first-order valence-electron chi connectivity index (χ1n) is 13.5. The van der Waals surface area contributed by atoms with Gasteiger partial charge in [0.15, 0.2) is 0 Å². The summed E-state index contributed by atoms with van der Waals surface area (Å²) >= 11 is 0. The minimum atomic E-state index is -4.83. The topological polar surface area (TPSA) is 209 Å². The molecule has 0 aliphatic rings. The molecule has 0 fully saturated rings. The summed E-state index contributed by atoms with van der Waals surface area (Å²) in [7, 11) is -9.56. The second kappa shape index (κ2) is 14.3. The van der Waals surface area contributed by atoms with Gasteiger partial charge in [0.2, 0.25) is 0 Å². The zero-order valence-corrected chi connectivity index (χ0v) is 29.3. The Labute approximate surface area is 293 Å². The molecule has 13 nitrogen and oxygen atoms in total. The summed E-state index contributed by atoms with van der Waals surface area (Å²) in [6, 6.07) is 22.1. The molecule has 0 atom stereocenters. The van der Waals surface area contributed by atoms with Crippen molar-refractivity contribution in [2.75, 3.05) is 5.73 Å². The number of hydrogen-bond donors (Lipinski definition) is 3. The van der Waals surface area contributed by atoms with Gasteiger partial charge in [-0.3, -0.25) is 9.11 Å². The van der Waals surface area contributed by atoms with Gasteiger partial charge in [0, 0.05) is 11.1 Å². The van der Waals surface area contributed by atoms with E-state index in [1.165, 1.54) is 18.2 Å². The molecule has 0 bridgehead atoms. The molecular weight excluding hydrogens is 654 g/mol. The van der Waals surface area contributed by atoms with Crippen LogP contribution < -0.4 is 35.3 Å². The van der Waals surface area contributed by atoms with Crippen LogP contribution in [0.2, 0.25) is 0 Å². The Kier molecular flexibility index (Phi) is 10.8. The third-order valence-electron chi connectivity index (χ3n) is 6.85. The van der Waals surface area contributed by atoms with Crippen molar-refractivity contribution >= 4 is 70.8 Å². The number of nitrogen functional groups attached to an aromatic ring is 1. The summed E-state index contributed by atoms with van der Waals surface area (Å²) in [4.78, 5) is -1.36. The van der Waals surface area contributed by atoms with Crippen LogP contribution in [-0.2, 0) is 20.2 Å². The number of benzene rings is 5. The van der Waals surface area contributed by atoms with Gasteiger partial charge in [-0.15, -0.1) is 0 Å². The van der Waals surface area contributed by atoms with Gasteiger partial charge in [-0.05, 0) is 122 Å². The second-order valence-corrected chi connectivity index (χ2v) is 13.2. The Morgan fingerprint density at radius 1 is 0.532 bits per heavy atom. The Morgan fingerprint density at radius 3 is 1.43 bits per heavy atom. The molecule has 234 valence electrons. The first-order valence-corrected chi connectivity index (χ1v) is 16.4. The summed E-state index contributed by atoms with van der Waals surface area (Å²) in [6.07, 6.45) is 0. The van der Waals surface area contributed by atoms with Crippen molar-refractivity contribution in [2.24, 2.45) is 30.7 Å². The first kappa shape index (κ1) is 35.6. The predicted octanol–water partition coefficient (Wildman–Crippen LogP) is 6.09. The van der Waals surface area contributed by atoms with Crippen LogP contribution in [0.3, 0.4) is 0 Å². The standard InChI is InChI=1S/C31H27N7O6S2.Na/c1-18-12-22(32)5-9-28(18)36-33-23-7-10-29(19(2)13-23)37-34-24-8-11-30(20(3)14-24)38-35-25-6-4-21-15-26(45(39,40)41)17-31(27(21)16-25)46(42,43)44;/h4-17H,32H2,1-3H3,(H,39,40,41)(H,42,43,44);/q;+1. The molecule has 5 aromatic rings. The first-order chi connectivity index (χ1) is 21.7. The van der Waals surface area contributed by atoms with E-state index in [9.17, 15) is 25.9 Å². The fourth-order valence-electron chi connectivity index (χ4n) is 4.46. The Hall–Kier alpha value is -4.22. The molecule has 5 rings (SSSR count). The van der Waals surface area contributed by atoms with Crippen molar-refractivity contribution in [3.63, 3.8) is 0 Å². The van der Waals surface area contributed by atoms with Crippen LogP contribution in [0.1, 0.15) is 16.7 Å². The molecular formula is C31H27N7NaO6S2+. The molecule has 0 aliphatic heterocycles. The average Bonchev–Trinajstić information content (AvgIpc) is 2.98. The second-order valence-electron chi connectivity index (χ2n) is 10.4. The molecule has 5 aromatic carbocycles. The fourth-order valence-corrected chi connectivity index (χ4v) is 5.81. The molecule has 47 heavy (non-hydrogen) atoms. The summed E-state index contributed by atoms with van der Waals surface area (Å²) < 4.78 is 66.1. The quantitative estimate of drug-likeness (QED) is 0.0759. The van der Waals surface area contributed by atoms with E-state index in [0.717, 1.165) is 28.4 Å². The average molecular weight is 681 g/mol. The summed E-state index contributed by atoms with van der Waals surface area (Å²) in [6.45, 7) is 5.63. The zero-order chi connectivity index (χ0) is 33.2. The Balaban J connectivity index is 0.00000500. The molecule has 0 saturated heterocycles. The fraction of sp³-hybridized carbons (Fsp3) is 0.0968. The molecule has 0 spiro atoms. The monoisotopic (exact) mass is 680 g/mol. The maximum atomic E-state index is 12.0. The van der Waals surface area contributed by atoms with Gasteiger partial charge >= 0.3 is 29.6 Å². The van der Waals surface area contributed by atoms with E-state index in [2.05, 4.69) is 30.7 Å². The summed E-state index contributed by atoms with van der Waals surface area (Å²) in [5.41, 5.74) is 12.4. The molecule has 0 radical (unpaired) electrons. The summed E-state index contributed by atoms with van der Waals surface area (Å²) in [5, 5.41) is 25.9. The van der Waals surface area contributed by atoms with Gasteiger partial charge < -0.3 is 5.73 Å². The van der Waals surface area contributed by atoms with E-state index >= 15 is 0 Å². The van der Waals surface area contributed by atoms with Crippen LogP contribution in [0.25, 0.3) is 10.8 Å². The predicted molar refractivity (Wildman–Crippen MR) is 174 cm³/mol. The minimum absolute atomic E-state index is 0. The molecule has 0 unspecified atom stereocenters. The van der Waals surface area contributed by atoms with Crippen molar-refractivity contribution in [1.82, 2.24) is 0 Å².